The maximum Gasteiger partial charge on any atom is 0.326 e. The molecule has 0 aliphatic heterocycles. The number of rotatable bonds is 24. The molecule has 0 aromatic rings. The fourth-order valence-electron chi connectivity index (χ4n) is 6.23. The van der Waals surface area contributed by atoms with Crippen molar-refractivity contribution in [2.24, 2.45) is 17.8 Å². The number of aliphatic carboxylic acids is 3. The summed E-state index contributed by atoms with van der Waals surface area (Å²) in [6.07, 6.45) is 3.72. The first-order valence-corrected chi connectivity index (χ1v) is 18.7. The van der Waals surface area contributed by atoms with Crippen molar-refractivity contribution in [3.63, 3.8) is 0 Å². The fraction of sp³-hybridized carbons (Fsp3) is 0.750. The summed E-state index contributed by atoms with van der Waals surface area (Å²) in [6, 6.07) is -7.84. The number of carbonyl (C=O) groups excluding carboxylic acids is 6. The van der Waals surface area contributed by atoms with Gasteiger partial charge < -0.3 is 47.2 Å². The van der Waals surface area contributed by atoms with E-state index < -0.39 is 115 Å². The van der Waals surface area contributed by atoms with Gasteiger partial charge in [-0.3, -0.25) is 38.4 Å². The molecule has 0 bridgehead atoms. The highest BCUT2D eigenvalue weighted by Crippen LogP contribution is 2.27. The molecule has 1 aliphatic carbocycles. The molecule has 0 spiro atoms. The molecule has 0 saturated heterocycles. The Hall–Kier alpha value is -4.77. The van der Waals surface area contributed by atoms with Crippen LogP contribution >= 0.6 is 0 Å². The van der Waals surface area contributed by atoms with Gasteiger partial charge >= 0.3 is 17.9 Å². The van der Waals surface area contributed by atoms with E-state index >= 15 is 0 Å². The Morgan fingerprint density at radius 2 is 1.11 bits per heavy atom. The van der Waals surface area contributed by atoms with Crippen molar-refractivity contribution in [3.05, 3.63) is 0 Å². The smallest absolute Gasteiger partial charge is 0.326 e. The molecular weight excluding hydrogens is 708 g/mol. The molecule has 0 unspecified atom stereocenters. The van der Waals surface area contributed by atoms with Gasteiger partial charge in [-0.1, -0.05) is 73.1 Å². The lowest BCUT2D eigenvalue weighted by molar-refractivity contribution is -0.142. The summed E-state index contributed by atoms with van der Waals surface area (Å²) < 4.78 is 0. The van der Waals surface area contributed by atoms with E-state index in [1.54, 1.807) is 34.6 Å². The zero-order chi connectivity index (χ0) is 41.1. The van der Waals surface area contributed by atoms with E-state index in [2.05, 4.69) is 31.9 Å². The lowest BCUT2D eigenvalue weighted by Crippen LogP contribution is -2.61. The first-order valence-electron chi connectivity index (χ1n) is 18.7. The SMILES string of the molecule is CC[C@H](NC(=O)[C@H](CC1CCCCC1)NC(=O)[C@@H](NC(=O)[C@H](CC(C)C)NC(=O)[C@@H](CCC(=O)O)NC(=O)[C@H](CC(=O)O)NC(C)=O)[C@@H](C)CC)C(=O)O. The molecule has 1 aliphatic rings. The average Bonchev–Trinajstić information content (AvgIpc) is 3.09. The van der Waals surface area contributed by atoms with Gasteiger partial charge in [0.15, 0.2) is 0 Å². The van der Waals surface area contributed by atoms with E-state index in [1.807, 2.05) is 0 Å². The molecule has 6 amide bonds. The molecular formula is C36H60N6O12. The first-order chi connectivity index (χ1) is 25.3. The summed E-state index contributed by atoms with van der Waals surface area (Å²) in [4.78, 5) is 114. The molecule has 18 nitrogen and oxygen atoms in total. The normalized spacial score (nSPS) is 16.9. The topological polar surface area (TPSA) is 286 Å². The van der Waals surface area contributed by atoms with Crippen LogP contribution in [0.5, 0.6) is 0 Å². The molecule has 9 N–H and O–H groups in total. The summed E-state index contributed by atoms with van der Waals surface area (Å²) in [6.45, 7) is 9.73. The van der Waals surface area contributed by atoms with E-state index in [9.17, 15) is 58.5 Å². The summed E-state index contributed by atoms with van der Waals surface area (Å²) >= 11 is 0. The number of carboxylic acid groups (broad SMARTS) is 3. The lowest BCUT2D eigenvalue weighted by Gasteiger charge is -2.31. The van der Waals surface area contributed by atoms with Gasteiger partial charge in [0.2, 0.25) is 35.4 Å². The maximum atomic E-state index is 13.9. The van der Waals surface area contributed by atoms with Gasteiger partial charge in [-0.15, -0.1) is 0 Å². The van der Waals surface area contributed by atoms with Crippen molar-refractivity contribution >= 4 is 53.4 Å². The maximum absolute atomic E-state index is 13.9. The second-order valence-electron chi connectivity index (χ2n) is 14.5. The van der Waals surface area contributed by atoms with Crippen molar-refractivity contribution in [1.29, 1.82) is 0 Å². The zero-order valence-electron chi connectivity index (χ0n) is 32.2. The Kier molecular flexibility index (Phi) is 20.8. The van der Waals surface area contributed by atoms with E-state index in [0.29, 0.717) is 6.42 Å². The van der Waals surface area contributed by atoms with Crippen LogP contribution in [0.15, 0.2) is 0 Å². The van der Waals surface area contributed by atoms with Crippen LogP contribution in [0.4, 0.5) is 0 Å². The van der Waals surface area contributed by atoms with Crippen LogP contribution in [0.3, 0.4) is 0 Å². The minimum Gasteiger partial charge on any atom is -0.481 e. The van der Waals surface area contributed by atoms with E-state index in [0.717, 1.165) is 39.0 Å². The van der Waals surface area contributed by atoms with E-state index in [1.165, 1.54) is 0 Å². The fourth-order valence-corrected chi connectivity index (χ4v) is 6.23. The average molecular weight is 769 g/mol. The molecule has 18 heteroatoms. The summed E-state index contributed by atoms with van der Waals surface area (Å²) in [5.41, 5.74) is 0. The number of carboxylic acids is 3. The Morgan fingerprint density at radius 3 is 1.61 bits per heavy atom. The van der Waals surface area contributed by atoms with Crippen LogP contribution in [0.25, 0.3) is 0 Å². The van der Waals surface area contributed by atoms with Crippen molar-refractivity contribution in [1.82, 2.24) is 31.9 Å². The molecule has 7 atom stereocenters. The van der Waals surface area contributed by atoms with Gasteiger partial charge in [0.25, 0.3) is 0 Å². The minimum absolute atomic E-state index is 0.0554. The van der Waals surface area contributed by atoms with Crippen molar-refractivity contribution in [3.8, 4) is 0 Å². The minimum atomic E-state index is -1.58. The number of hydrogen-bond donors (Lipinski definition) is 9. The molecule has 54 heavy (non-hydrogen) atoms. The van der Waals surface area contributed by atoms with Crippen molar-refractivity contribution in [2.75, 3.05) is 0 Å². The number of amides is 6. The zero-order valence-corrected chi connectivity index (χ0v) is 32.2. The largest absolute Gasteiger partial charge is 0.481 e. The predicted octanol–water partition coefficient (Wildman–Crippen LogP) is 0.812. The molecule has 0 radical (unpaired) electrons. The molecule has 0 aromatic carbocycles. The van der Waals surface area contributed by atoms with Crippen molar-refractivity contribution < 1.29 is 58.5 Å². The van der Waals surface area contributed by atoms with Gasteiger partial charge in [0.05, 0.1) is 6.42 Å². The monoisotopic (exact) mass is 768 g/mol. The van der Waals surface area contributed by atoms with Crippen LogP contribution in [0.1, 0.15) is 119 Å². The second-order valence-corrected chi connectivity index (χ2v) is 14.5. The van der Waals surface area contributed by atoms with Crippen LogP contribution in [-0.4, -0.2) is 105 Å². The lowest BCUT2D eigenvalue weighted by atomic mass is 9.84. The van der Waals surface area contributed by atoms with Gasteiger partial charge in [0.1, 0.15) is 36.3 Å². The van der Waals surface area contributed by atoms with E-state index in [-0.39, 0.29) is 31.1 Å². The second kappa shape index (κ2) is 23.8. The third-order valence-electron chi connectivity index (χ3n) is 9.44. The molecule has 1 rings (SSSR count). The highest BCUT2D eigenvalue weighted by molar-refractivity contribution is 5.97. The first kappa shape index (κ1) is 47.3. The number of carbonyl (C=O) groups is 9. The van der Waals surface area contributed by atoms with Crippen LogP contribution in [0, 0.1) is 17.8 Å². The summed E-state index contributed by atoms with van der Waals surface area (Å²) in [5.74, 6) is -9.30. The molecule has 1 fully saturated rings. The number of nitrogens with one attached hydrogen (secondary N) is 6. The quantitative estimate of drug-likeness (QED) is 0.0660. The Labute approximate surface area is 316 Å². The highest BCUT2D eigenvalue weighted by Gasteiger charge is 2.36. The van der Waals surface area contributed by atoms with Gasteiger partial charge in [-0.2, -0.15) is 0 Å². The standard InChI is InChI=1S/C36H60N6O12/c1-7-20(5)30(35(52)41-26(17-22-12-10-9-11-13-22)32(49)38-23(8-2)36(53)54)42-34(51)25(16-19(3)4)40-31(48)24(14-15-28(44)45)39-33(50)27(18-29(46)47)37-21(6)43/h19-20,22-27,30H,7-18H2,1-6H3,(H,37,43)(H,38,49)(H,39,50)(H,40,48)(H,41,52)(H,42,51)(H,44,45)(H,46,47)(H,53,54)/t20-,23-,24+,25-,26-,27-,30-/m0/s1. The third-order valence-corrected chi connectivity index (χ3v) is 9.44. The summed E-state index contributed by atoms with van der Waals surface area (Å²) in [5, 5.41) is 43.0. The van der Waals surface area contributed by atoms with Crippen LogP contribution in [0.2, 0.25) is 0 Å². The number of hydrogen-bond acceptors (Lipinski definition) is 9. The molecule has 306 valence electrons. The van der Waals surface area contributed by atoms with E-state index in [4.69, 9.17) is 0 Å². The Balaban J connectivity index is 3.34. The van der Waals surface area contributed by atoms with Crippen LogP contribution in [-0.2, 0) is 43.2 Å². The molecule has 0 heterocycles. The third kappa shape index (κ3) is 17.4. The Bertz CT molecular complexity index is 1320. The Morgan fingerprint density at radius 1 is 0.593 bits per heavy atom. The van der Waals surface area contributed by atoms with Crippen LogP contribution < -0.4 is 31.9 Å². The summed E-state index contributed by atoms with van der Waals surface area (Å²) in [7, 11) is 0. The predicted molar refractivity (Wildman–Crippen MR) is 194 cm³/mol. The van der Waals surface area contributed by atoms with Gasteiger partial charge in [0, 0.05) is 13.3 Å². The van der Waals surface area contributed by atoms with Gasteiger partial charge in [-0.25, -0.2) is 4.79 Å². The highest BCUT2D eigenvalue weighted by atomic mass is 16.4. The molecule has 1 saturated carbocycles. The molecule has 0 aromatic heterocycles. The van der Waals surface area contributed by atoms with Crippen molar-refractivity contribution in [2.45, 2.75) is 155 Å². The van der Waals surface area contributed by atoms with Gasteiger partial charge in [-0.05, 0) is 43.4 Å².